The fraction of sp³-hybridized carbons (Fsp3) is 0.310. The molecule has 2 amide bonds. The van der Waals surface area contributed by atoms with Crippen LogP contribution in [-0.4, -0.2) is 63.1 Å². The molecule has 3 N–H and O–H groups in total. The van der Waals surface area contributed by atoms with E-state index in [1.165, 1.54) is 5.57 Å². The summed E-state index contributed by atoms with van der Waals surface area (Å²) in [5, 5.41) is 7.59. The van der Waals surface area contributed by atoms with Crippen LogP contribution in [0.2, 0.25) is 0 Å². The van der Waals surface area contributed by atoms with E-state index in [0.29, 0.717) is 0 Å². The van der Waals surface area contributed by atoms with Gasteiger partial charge in [-0.15, -0.1) is 0 Å². The SMILES string of the molecule is Cc1cccc(-c2[nH]cnc2-c2ccc3ncc(C4=CCC(NC(=O)N5CCNCC5)CC4)cc3c2)n1. The molecule has 0 spiro atoms. The van der Waals surface area contributed by atoms with Crippen molar-refractivity contribution in [1.29, 1.82) is 0 Å². The number of H-pyrrole nitrogens is 1. The molecule has 1 aliphatic heterocycles. The Bertz CT molecular complexity index is 1470. The second-order valence-electron chi connectivity index (χ2n) is 9.81. The largest absolute Gasteiger partial charge is 0.343 e. The molecule has 4 heterocycles. The maximum atomic E-state index is 12.6. The van der Waals surface area contributed by atoms with Crippen LogP contribution in [0.25, 0.3) is 39.1 Å². The van der Waals surface area contributed by atoms with E-state index < -0.39 is 0 Å². The second-order valence-corrected chi connectivity index (χ2v) is 9.81. The van der Waals surface area contributed by atoms with Crippen molar-refractivity contribution in [1.82, 2.24) is 35.5 Å². The monoisotopic (exact) mass is 493 g/mol. The van der Waals surface area contributed by atoms with Crippen molar-refractivity contribution in [2.45, 2.75) is 32.2 Å². The Hall–Kier alpha value is -4.04. The number of rotatable bonds is 4. The van der Waals surface area contributed by atoms with E-state index in [4.69, 9.17) is 4.98 Å². The molecule has 1 atom stereocenters. The quantitative estimate of drug-likeness (QED) is 0.388. The van der Waals surface area contributed by atoms with Gasteiger partial charge in [0, 0.05) is 55.1 Å². The normalized spacial score (nSPS) is 18.0. The van der Waals surface area contributed by atoms with Crippen LogP contribution in [0.15, 0.2) is 61.1 Å². The summed E-state index contributed by atoms with van der Waals surface area (Å²) in [6.07, 6.45) is 8.63. The number of aromatic amines is 1. The number of aryl methyl sites for hydroxylation is 1. The lowest BCUT2D eigenvalue weighted by Gasteiger charge is -2.30. The Balaban J connectivity index is 1.21. The number of carbonyl (C=O) groups is 1. The number of nitrogens with zero attached hydrogens (tertiary/aromatic N) is 4. The smallest absolute Gasteiger partial charge is 0.317 e. The van der Waals surface area contributed by atoms with Crippen LogP contribution < -0.4 is 10.6 Å². The van der Waals surface area contributed by atoms with E-state index in [9.17, 15) is 4.79 Å². The summed E-state index contributed by atoms with van der Waals surface area (Å²) in [7, 11) is 0. The molecule has 3 aromatic heterocycles. The number of allylic oxidation sites excluding steroid dienone is 1. The number of imidazole rings is 1. The summed E-state index contributed by atoms with van der Waals surface area (Å²) < 4.78 is 0. The molecule has 1 fully saturated rings. The van der Waals surface area contributed by atoms with Crippen molar-refractivity contribution in [2.24, 2.45) is 0 Å². The predicted molar refractivity (Wildman–Crippen MR) is 146 cm³/mol. The van der Waals surface area contributed by atoms with E-state index in [1.54, 1.807) is 6.33 Å². The van der Waals surface area contributed by atoms with Gasteiger partial charge in [0.2, 0.25) is 0 Å². The molecule has 0 radical (unpaired) electrons. The topological polar surface area (TPSA) is 98.8 Å². The summed E-state index contributed by atoms with van der Waals surface area (Å²) in [6, 6.07) is 14.7. The number of carbonyl (C=O) groups excluding carboxylic acids is 1. The lowest BCUT2D eigenvalue weighted by molar-refractivity contribution is 0.185. The Labute approximate surface area is 216 Å². The zero-order valence-electron chi connectivity index (χ0n) is 21.0. The molecule has 37 heavy (non-hydrogen) atoms. The molecule has 0 bridgehead atoms. The van der Waals surface area contributed by atoms with E-state index in [2.05, 4.69) is 49.9 Å². The number of hydrogen-bond acceptors (Lipinski definition) is 5. The van der Waals surface area contributed by atoms with Gasteiger partial charge >= 0.3 is 6.03 Å². The van der Waals surface area contributed by atoms with Crippen molar-refractivity contribution < 1.29 is 4.79 Å². The van der Waals surface area contributed by atoms with Crippen molar-refractivity contribution in [3.05, 3.63) is 72.3 Å². The summed E-state index contributed by atoms with van der Waals surface area (Å²) in [5.41, 5.74) is 8.05. The summed E-state index contributed by atoms with van der Waals surface area (Å²) in [6.45, 7) is 5.26. The Morgan fingerprint density at radius 1 is 1.08 bits per heavy atom. The zero-order chi connectivity index (χ0) is 25.2. The number of fused-ring (bicyclic) bond motifs is 1. The fourth-order valence-corrected chi connectivity index (χ4v) is 5.21. The average Bonchev–Trinajstić information content (AvgIpc) is 3.44. The number of benzene rings is 1. The molecule has 1 aromatic carbocycles. The number of urea groups is 1. The first-order valence-corrected chi connectivity index (χ1v) is 13.0. The minimum absolute atomic E-state index is 0.0573. The second kappa shape index (κ2) is 10.1. The molecule has 8 nitrogen and oxygen atoms in total. The van der Waals surface area contributed by atoms with Crippen LogP contribution >= 0.6 is 0 Å². The maximum absolute atomic E-state index is 12.6. The third kappa shape index (κ3) is 4.97. The van der Waals surface area contributed by atoms with Crippen LogP contribution in [-0.2, 0) is 0 Å². The molecule has 2 aliphatic rings. The molecule has 1 aliphatic carbocycles. The van der Waals surface area contributed by atoms with Gasteiger partial charge in [-0.1, -0.05) is 18.2 Å². The molecule has 188 valence electrons. The van der Waals surface area contributed by atoms with Gasteiger partial charge in [-0.05, 0) is 67.7 Å². The zero-order valence-corrected chi connectivity index (χ0v) is 21.0. The van der Waals surface area contributed by atoms with Gasteiger partial charge in [-0.3, -0.25) is 9.97 Å². The van der Waals surface area contributed by atoms with Gasteiger partial charge in [-0.25, -0.2) is 9.78 Å². The molecule has 8 heteroatoms. The molecular weight excluding hydrogens is 462 g/mol. The summed E-state index contributed by atoms with van der Waals surface area (Å²) >= 11 is 0. The summed E-state index contributed by atoms with van der Waals surface area (Å²) in [5.74, 6) is 0. The highest BCUT2D eigenvalue weighted by atomic mass is 16.2. The predicted octanol–water partition coefficient (Wildman–Crippen LogP) is 4.55. The van der Waals surface area contributed by atoms with E-state index in [1.807, 2.05) is 42.3 Å². The highest BCUT2D eigenvalue weighted by Crippen LogP contribution is 2.32. The number of pyridine rings is 2. The maximum Gasteiger partial charge on any atom is 0.317 e. The molecule has 4 aromatic rings. The number of amides is 2. The number of piperazine rings is 1. The van der Waals surface area contributed by atoms with Gasteiger partial charge in [0.05, 0.1) is 28.9 Å². The van der Waals surface area contributed by atoms with Crippen LogP contribution in [0.1, 0.15) is 30.5 Å². The third-order valence-electron chi connectivity index (χ3n) is 7.25. The van der Waals surface area contributed by atoms with Crippen LogP contribution in [0.3, 0.4) is 0 Å². The molecule has 1 unspecified atom stereocenters. The van der Waals surface area contributed by atoms with E-state index >= 15 is 0 Å². The minimum atomic E-state index is 0.0573. The minimum Gasteiger partial charge on any atom is -0.343 e. The third-order valence-corrected chi connectivity index (χ3v) is 7.25. The number of hydrogen-bond donors (Lipinski definition) is 3. The van der Waals surface area contributed by atoms with Gasteiger partial charge in [0.15, 0.2) is 0 Å². The van der Waals surface area contributed by atoms with Crippen molar-refractivity contribution in [2.75, 3.05) is 26.2 Å². The van der Waals surface area contributed by atoms with Crippen LogP contribution in [0.5, 0.6) is 0 Å². The summed E-state index contributed by atoms with van der Waals surface area (Å²) in [4.78, 5) is 31.7. The van der Waals surface area contributed by atoms with Crippen LogP contribution in [0, 0.1) is 6.92 Å². The fourth-order valence-electron chi connectivity index (χ4n) is 5.21. The lowest BCUT2D eigenvalue weighted by Crippen LogP contribution is -2.52. The van der Waals surface area contributed by atoms with Gasteiger partial charge in [0.1, 0.15) is 0 Å². The number of nitrogens with one attached hydrogen (secondary N) is 3. The van der Waals surface area contributed by atoms with Crippen molar-refractivity contribution >= 4 is 22.5 Å². The lowest BCUT2D eigenvalue weighted by atomic mass is 9.91. The van der Waals surface area contributed by atoms with Gasteiger partial charge < -0.3 is 20.5 Å². The molecule has 1 saturated heterocycles. The van der Waals surface area contributed by atoms with Crippen molar-refractivity contribution in [3.63, 3.8) is 0 Å². The first-order valence-electron chi connectivity index (χ1n) is 13.0. The standard InChI is InChI=1S/C29H31N7O/c1-19-3-2-4-26(34-19)28-27(32-18-33-28)21-7-10-25-22(15-21)16-23(17-31-25)20-5-8-24(9-6-20)35-29(37)36-13-11-30-12-14-36/h2-5,7,10,15-18,24,30H,6,8-9,11-14H2,1H3,(H,32,33)(H,35,37). The highest BCUT2D eigenvalue weighted by molar-refractivity contribution is 5.89. The van der Waals surface area contributed by atoms with Gasteiger partial charge in [-0.2, -0.15) is 0 Å². The number of aromatic nitrogens is 4. The Morgan fingerprint density at radius 3 is 2.76 bits per heavy atom. The molecular formula is C29H31N7O. The average molecular weight is 494 g/mol. The Kier molecular flexibility index (Phi) is 6.40. The Morgan fingerprint density at radius 2 is 1.95 bits per heavy atom. The van der Waals surface area contributed by atoms with Crippen LogP contribution in [0.4, 0.5) is 4.79 Å². The van der Waals surface area contributed by atoms with Crippen molar-refractivity contribution in [3.8, 4) is 22.6 Å². The first kappa shape index (κ1) is 23.4. The van der Waals surface area contributed by atoms with E-state index in [-0.39, 0.29) is 12.1 Å². The van der Waals surface area contributed by atoms with E-state index in [0.717, 1.165) is 90.2 Å². The molecule has 6 rings (SSSR count). The first-order chi connectivity index (χ1) is 18.1. The molecule has 0 saturated carbocycles. The van der Waals surface area contributed by atoms with Gasteiger partial charge in [0.25, 0.3) is 0 Å². The highest BCUT2D eigenvalue weighted by Gasteiger charge is 2.22.